The highest BCUT2D eigenvalue weighted by Gasteiger charge is 2.13. The lowest BCUT2D eigenvalue weighted by atomic mass is 10.1. The van der Waals surface area contributed by atoms with E-state index in [0.717, 1.165) is 11.1 Å². The fraction of sp³-hybridized carbons (Fsp3) is 0.0870. The van der Waals surface area contributed by atoms with Crippen LogP contribution in [0.15, 0.2) is 77.9 Å². The van der Waals surface area contributed by atoms with Gasteiger partial charge in [0.15, 0.2) is 0 Å². The van der Waals surface area contributed by atoms with Gasteiger partial charge >= 0.3 is 11.8 Å². The molecule has 0 aromatic heterocycles. The molecule has 2 N–H and O–H groups in total. The maximum atomic E-state index is 12.0. The lowest BCUT2D eigenvalue weighted by Crippen LogP contribution is -2.32. The monoisotopic (exact) mass is 455 g/mol. The van der Waals surface area contributed by atoms with Gasteiger partial charge in [0.2, 0.25) is 0 Å². The largest absolute Gasteiger partial charge is 0.489 e. The molecule has 3 rings (SSSR count). The number of halogens is 2. The summed E-state index contributed by atoms with van der Waals surface area (Å²) in [5, 5.41) is 7.66. The van der Waals surface area contributed by atoms with E-state index in [1.807, 2.05) is 36.4 Å². The zero-order valence-electron chi connectivity index (χ0n) is 16.6. The maximum Gasteiger partial charge on any atom is 0.329 e. The molecule has 0 aliphatic carbocycles. The topological polar surface area (TPSA) is 79.8 Å². The van der Waals surface area contributed by atoms with Crippen LogP contribution in [0.1, 0.15) is 18.1 Å². The van der Waals surface area contributed by atoms with E-state index in [1.165, 1.54) is 0 Å². The average Bonchev–Trinajstić information content (AvgIpc) is 2.78. The number of benzene rings is 3. The van der Waals surface area contributed by atoms with Gasteiger partial charge in [-0.25, -0.2) is 5.43 Å². The summed E-state index contributed by atoms with van der Waals surface area (Å²) >= 11 is 11.7. The second kappa shape index (κ2) is 10.6. The molecule has 31 heavy (non-hydrogen) atoms. The van der Waals surface area contributed by atoms with Crippen LogP contribution >= 0.6 is 23.2 Å². The van der Waals surface area contributed by atoms with Gasteiger partial charge in [-0.05, 0) is 78.7 Å². The van der Waals surface area contributed by atoms with Crippen molar-refractivity contribution in [2.24, 2.45) is 5.10 Å². The Labute approximate surface area is 189 Å². The molecule has 0 atom stereocenters. The first-order chi connectivity index (χ1) is 14.9. The van der Waals surface area contributed by atoms with Crippen LogP contribution in [0.5, 0.6) is 5.75 Å². The van der Waals surface area contributed by atoms with E-state index in [9.17, 15) is 9.59 Å². The number of hydrogen-bond acceptors (Lipinski definition) is 4. The predicted octanol–water partition coefficient (Wildman–Crippen LogP) is 5.05. The Morgan fingerprint density at radius 1 is 0.839 bits per heavy atom. The van der Waals surface area contributed by atoms with Crippen LogP contribution in [-0.4, -0.2) is 17.5 Å². The molecule has 0 bridgehead atoms. The summed E-state index contributed by atoms with van der Waals surface area (Å²) in [6.07, 6.45) is 0. The van der Waals surface area contributed by atoms with Crippen LogP contribution < -0.4 is 15.5 Å². The Balaban J connectivity index is 1.52. The molecular weight excluding hydrogens is 437 g/mol. The van der Waals surface area contributed by atoms with E-state index < -0.39 is 11.8 Å². The van der Waals surface area contributed by atoms with Crippen LogP contribution in [0.25, 0.3) is 0 Å². The number of anilines is 1. The number of hydrazone groups is 1. The third-order valence-electron chi connectivity index (χ3n) is 4.22. The van der Waals surface area contributed by atoms with Crippen LogP contribution in [0.3, 0.4) is 0 Å². The summed E-state index contributed by atoms with van der Waals surface area (Å²) in [4.78, 5) is 23.9. The lowest BCUT2D eigenvalue weighted by Gasteiger charge is -2.08. The van der Waals surface area contributed by atoms with Crippen molar-refractivity contribution >= 4 is 46.4 Å². The van der Waals surface area contributed by atoms with Gasteiger partial charge in [0.25, 0.3) is 0 Å². The molecule has 0 saturated carbocycles. The first-order valence-electron chi connectivity index (χ1n) is 9.29. The Kier molecular flexibility index (Phi) is 7.65. The van der Waals surface area contributed by atoms with Gasteiger partial charge in [-0.1, -0.05) is 35.3 Å². The first-order valence-corrected chi connectivity index (χ1v) is 10.0. The third-order valence-corrected chi connectivity index (χ3v) is 4.73. The Morgan fingerprint density at radius 2 is 1.42 bits per heavy atom. The quantitative estimate of drug-likeness (QED) is 0.310. The molecule has 8 heteroatoms. The number of ether oxygens (including phenoxy) is 1. The van der Waals surface area contributed by atoms with Crippen molar-refractivity contribution in [3.8, 4) is 5.75 Å². The first kappa shape index (κ1) is 22.3. The summed E-state index contributed by atoms with van der Waals surface area (Å²) in [7, 11) is 0. The fourth-order valence-electron chi connectivity index (χ4n) is 2.51. The van der Waals surface area contributed by atoms with E-state index >= 15 is 0 Å². The van der Waals surface area contributed by atoms with E-state index in [4.69, 9.17) is 27.9 Å². The van der Waals surface area contributed by atoms with Crippen molar-refractivity contribution in [2.45, 2.75) is 13.5 Å². The molecule has 0 unspecified atom stereocenters. The predicted molar refractivity (Wildman–Crippen MR) is 123 cm³/mol. The zero-order chi connectivity index (χ0) is 22.2. The molecule has 0 fully saturated rings. The minimum Gasteiger partial charge on any atom is -0.489 e. The van der Waals surface area contributed by atoms with Crippen LogP contribution in [-0.2, 0) is 16.2 Å². The standard InChI is InChI=1S/C23H19Cl2N3O3/c1-15(27-28-23(30)22(29)26-20-10-8-19(25)9-11-20)17-4-12-21(13-5-17)31-14-16-2-6-18(24)7-3-16/h2-13H,14H2,1H3,(H,26,29)(H,28,30)/b27-15+. The average molecular weight is 456 g/mol. The Hall–Kier alpha value is -3.35. The number of carbonyl (C=O) groups is 2. The number of nitrogens with zero attached hydrogens (tertiary/aromatic N) is 1. The third kappa shape index (κ3) is 6.84. The van der Waals surface area contributed by atoms with Gasteiger partial charge in [0.05, 0.1) is 5.71 Å². The summed E-state index contributed by atoms with van der Waals surface area (Å²) in [5.74, 6) is -1.01. The number of rotatable bonds is 6. The molecule has 6 nitrogen and oxygen atoms in total. The minimum absolute atomic E-state index is 0.419. The second-order valence-electron chi connectivity index (χ2n) is 6.54. The Morgan fingerprint density at radius 3 is 2.03 bits per heavy atom. The molecule has 3 aromatic carbocycles. The van der Waals surface area contributed by atoms with E-state index in [2.05, 4.69) is 15.8 Å². The van der Waals surface area contributed by atoms with Gasteiger partial charge in [-0.3, -0.25) is 9.59 Å². The highest BCUT2D eigenvalue weighted by molar-refractivity contribution is 6.39. The van der Waals surface area contributed by atoms with Crippen molar-refractivity contribution in [2.75, 3.05) is 5.32 Å². The summed E-state index contributed by atoms with van der Waals surface area (Å²) in [6.45, 7) is 2.14. The van der Waals surface area contributed by atoms with Crippen LogP contribution in [0.2, 0.25) is 10.0 Å². The highest BCUT2D eigenvalue weighted by atomic mass is 35.5. The maximum absolute atomic E-state index is 12.0. The molecule has 0 heterocycles. The highest BCUT2D eigenvalue weighted by Crippen LogP contribution is 2.16. The van der Waals surface area contributed by atoms with Gasteiger partial charge < -0.3 is 10.1 Å². The Bertz CT molecular complexity index is 1080. The molecule has 0 aliphatic rings. The SMILES string of the molecule is C/C(=N\NC(=O)C(=O)Nc1ccc(Cl)cc1)c1ccc(OCc2ccc(Cl)cc2)cc1. The van der Waals surface area contributed by atoms with Crippen molar-refractivity contribution in [3.63, 3.8) is 0 Å². The number of carbonyl (C=O) groups excluding carboxylic acids is 2. The molecule has 0 spiro atoms. The van der Waals surface area contributed by atoms with Gasteiger partial charge in [0, 0.05) is 15.7 Å². The van der Waals surface area contributed by atoms with Gasteiger partial charge in [-0.2, -0.15) is 5.10 Å². The summed E-state index contributed by atoms with van der Waals surface area (Å²) < 4.78 is 5.75. The summed E-state index contributed by atoms with van der Waals surface area (Å²) in [6, 6.07) is 21.1. The normalized spacial score (nSPS) is 11.0. The van der Waals surface area contributed by atoms with E-state index in [-0.39, 0.29) is 0 Å². The summed E-state index contributed by atoms with van der Waals surface area (Å²) in [5.41, 5.74) is 5.02. The van der Waals surface area contributed by atoms with Crippen LogP contribution in [0.4, 0.5) is 5.69 Å². The van der Waals surface area contributed by atoms with Crippen LogP contribution in [0, 0.1) is 0 Å². The lowest BCUT2D eigenvalue weighted by molar-refractivity contribution is -0.136. The van der Waals surface area contributed by atoms with Gasteiger partial charge in [-0.15, -0.1) is 0 Å². The van der Waals surface area contributed by atoms with Gasteiger partial charge in [0.1, 0.15) is 12.4 Å². The number of hydrogen-bond donors (Lipinski definition) is 2. The minimum atomic E-state index is -0.878. The molecule has 0 aliphatic heterocycles. The smallest absolute Gasteiger partial charge is 0.329 e. The molecule has 2 amide bonds. The zero-order valence-corrected chi connectivity index (χ0v) is 18.1. The number of nitrogens with one attached hydrogen (secondary N) is 2. The van der Waals surface area contributed by atoms with E-state index in [0.29, 0.717) is 33.8 Å². The van der Waals surface area contributed by atoms with Crippen molar-refractivity contribution in [1.82, 2.24) is 5.43 Å². The fourth-order valence-corrected chi connectivity index (χ4v) is 2.76. The molecule has 0 radical (unpaired) electrons. The van der Waals surface area contributed by atoms with E-state index in [1.54, 1.807) is 43.3 Å². The molecule has 158 valence electrons. The molecule has 3 aromatic rings. The van der Waals surface area contributed by atoms with Crippen molar-refractivity contribution in [3.05, 3.63) is 94.0 Å². The molecule has 0 saturated heterocycles. The number of amides is 2. The molecular formula is C23H19Cl2N3O3. The second-order valence-corrected chi connectivity index (χ2v) is 7.41. The van der Waals surface area contributed by atoms with Crippen molar-refractivity contribution < 1.29 is 14.3 Å². The van der Waals surface area contributed by atoms with Crippen molar-refractivity contribution in [1.29, 1.82) is 0 Å².